The minimum atomic E-state index is -2.85. The van der Waals surface area contributed by atoms with Crippen LogP contribution in [0.5, 0.6) is 0 Å². The lowest BCUT2D eigenvalue weighted by molar-refractivity contribution is -0.139. The summed E-state index contributed by atoms with van der Waals surface area (Å²) in [4.78, 5) is 20.0. The summed E-state index contributed by atoms with van der Waals surface area (Å²) < 4.78 is 15.9. The standard InChI is InChI=1S/C11H21O4P/c1-10(2)11(12)15-8-6-4-5-7-9-16(3,13)14/h1,4-9H2,2-3H3,(H,13,14). The van der Waals surface area contributed by atoms with Crippen LogP contribution in [0.1, 0.15) is 32.6 Å². The molecule has 0 aliphatic heterocycles. The molecule has 1 N–H and O–H groups in total. The Hall–Kier alpha value is -0.600. The molecule has 0 rings (SSSR count). The fraction of sp³-hybridized carbons (Fsp3) is 0.727. The first-order chi connectivity index (χ1) is 7.33. The maximum atomic E-state index is 11.0. The number of hydrogen-bond acceptors (Lipinski definition) is 3. The second kappa shape index (κ2) is 7.64. The molecule has 0 amide bonds. The number of esters is 1. The van der Waals surface area contributed by atoms with Gasteiger partial charge in [0.1, 0.15) is 0 Å². The Morgan fingerprint density at radius 1 is 1.31 bits per heavy atom. The fourth-order valence-corrected chi connectivity index (χ4v) is 1.96. The van der Waals surface area contributed by atoms with Crippen LogP contribution in [0.25, 0.3) is 0 Å². The number of carbonyl (C=O) groups excluding carboxylic acids is 1. The normalized spacial score (nSPS) is 14.2. The number of unbranched alkanes of at least 4 members (excludes halogenated alkanes) is 3. The quantitative estimate of drug-likeness (QED) is 0.310. The van der Waals surface area contributed by atoms with Gasteiger partial charge in [0.25, 0.3) is 0 Å². The summed E-state index contributed by atoms with van der Waals surface area (Å²) in [5, 5.41) is 0. The summed E-state index contributed by atoms with van der Waals surface area (Å²) in [6.45, 7) is 6.86. The molecule has 0 radical (unpaired) electrons. The van der Waals surface area contributed by atoms with Crippen molar-refractivity contribution in [2.24, 2.45) is 0 Å². The molecule has 4 nitrogen and oxygen atoms in total. The maximum Gasteiger partial charge on any atom is 0.333 e. The third-order valence-electron chi connectivity index (χ3n) is 2.05. The Morgan fingerprint density at radius 2 is 1.88 bits per heavy atom. The predicted octanol–water partition coefficient (Wildman–Crippen LogP) is 2.57. The second-order valence-electron chi connectivity index (χ2n) is 4.11. The summed E-state index contributed by atoms with van der Waals surface area (Å²) in [7, 11) is -2.85. The molecule has 94 valence electrons. The second-order valence-corrected chi connectivity index (χ2v) is 6.65. The van der Waals surface area contributed by atoms with Crippen LogP contribution < -0.4 is 0 Å². The topological polar surface area (TPSA) is 63.6 Å². The number of hydrogen-bond donors (Lipinski definition) is 1. The smallest absolute Gasteiger partial charge is 0.333 e. The lowest BCUT2D eigenvalue weighted by atomic mass is 10.2. The van der Waals surface area contributed by atoms with Crippen LogP contribution in [0, 0.1) is 0 Å². The summed E-state index contributed by atoms with van der Waals surface area (Å²) >= 11 is 0. The highest BCUT2D eigenvalue weighted by molar-refractivity contribution is 7.57. The van der Waals surface area contributed by atoms with Crippen molar-refractivity contribution in [3.05, 3.63) is 12.2 Å². The molecule has 0 aliphatic rings. The molecule has 16 heavy (non-hydrogen) atoms. The van der Waals surface area contributed by atoms with E-state index in [0.29, 0.717) is 18.3 Å². The molecule has 0 aromatic carbocycles. The van der Waals surface area contributed by atoms with Gasteiger partial charge in [0.05, 0.1) is 6.61 Å². The number of ether oxygens (including phenoxy) is 1. The molecule has 0 heterocycles. The first-order valence-electron chi connectivity index (χ1n) is 5.45. The number of carbonyl (C=O) groups is 1. The van der Waals surface area contributed by atoms with Gasteiger partial charge in [0.15, 0.2) is 7.37 Å². The summed E-state index contributed by atoms with van der Waals surface area (Å²) in [5.74, 6) is -0.353. The van der Waals surface area contributed by atoms with Gasteiger partial charge in [-0.05, 0) is 19.8 Å². The SMILES string of the molecule is C=C(C)C(=O)OCCCCCCP(C)(=O)O. The van der Waals surface area contributed by atoms with Gasteiger partial charge in [0.2, 0.25) is 0 Å². The van der Waals surface area contributed by atoms with E-state index in [-0.39, 0.29) is 5.97 Å². The van der Waals surface area contributed by atoms with Gasteiger partial charge in [-0.15, -0.1) is 0 Å². The Kier molecular flexibility index (Phi) is 7.35. The Balaban J connectivity index is 3.32. The Morgan fingerprint density at radius 3 is 2.38 bits per heavy atom. The van der Waals surface area contributed by atoms with Crippen LogP contribution in [-0.4, -0.2) is 30.3 Å². The average Bonchev–Trinajstić information content (AvgIpc) is 2.14. The van der Waals surface area contributed by atoms with E-state index in [2.05, 4.69) is 6.58 Å². The van der Waals surface area contributed by atoms with Crippen molar-refractivity contribution in [3.8, 4) is 0 Å². The molecular formula is C11H21O4P. The van der Waals surface area contributed by atoms with Crippen molar-refractivity contribution in [2.75, 3.05) is 19.4 Å². The molecule has 0 saturated heterocycles. The summed E-state index contributed by atoms with van der Waals surface area (Å²) in [5.41, 5.74) is 0.409. The van der Waals surface area contributed by atoms with Crippen LogP contribution in [0.15, 0.2) is 12.2 Å². The van der Waals surface area contributed by atoms with E-state index in [9.17, 15) is 9.36 Å². The van der Waals surface area contributed by atoms with Crippen molar-refractivity contribution >= 4 is 13.3 Å². The molecule has 1 atom stereocenters. The highest BCUT2D eigenvalue weighted by Crippen LogP contribution is 2.36. The number of rotatable bonds is 8. The monoisotopic (exact) mass is 248 g/mol. The van der Waals surface area contributed by atoms with Gasteiger partial charge in [-0.3, -0.25) is 4.57 Å². The molecule has 0 aromatic rings. The van der Waals surface area contributed by atoms with Gasteiger partial charge in [-0.25, -0.2) is 4.79 Å². The predicted molar refractivity (Wildman–Crippen MR) is 64.9 cm³/mol. The molecule has 0 saturated carbocycles. The first-order valence-corrected chi connectivity index (χ1v) is 7.74. The lowest BCUT2D eigenvalue weighted by Crippen LogP contribution is -2.06. The zero-order valence-electron chi connectivity index (χ0n) is 10.1. The van der Waals surface area contributed by atoms with Crippen molar-refractivity contribution in [2.45, 2.75) is 32.6 Å². The van der Waals surface area contributed by atoms with Gasteiger partial charge in [0, 0.05) is 18.4 Å². The van der Waals surface area contributed by atoms with Crippen LogP contribution in [0.4, 0.5) is 0 Å². The first kappa shape index (κ1) is 15.4. The van der Waals surface area contributed by atoms with E-state index in [1.54, 1.807) is 6.92 Å². The zero-order valence-corrected chi connectivity index (χ0v) is 11.0. The summed E-state index contributed by atoms with van der Waals surface area (Å²) in [6.07, 6.45) is 3.71. The molecule has 0 spiro atoms. The minimum absolute atomic E-state index is 0.353. The molecule has 0 bridgehead atoms. The highest BCUT2D eigenvalue weighted by atomic mass is 31.2. The van der Waals surface area contributed by atoms with E-state index >= 15 is 0 Å². The minimum Gasteiger partial charge on any atom is -0.462 e. The van der Waals surface area contributed by atoms with Crippen LogP contribution in [0.3, 0.4) is 0 Å². The largest absolute Gasteiger partial charge is 0.462 e. The molecule has 0 aromatic heterocycles. The Bertz CT molecular complexity index is 280. The average molecular weight is 248 g/mol. The molecule has 0 aliphatic carbocycles. The van der Waals surface area contributed by atoms with Gasteiger partial charge < -0.3 is 9.63 Å². The van der Waals surface area contributed by atoms with Gasteiger partial charge in [-0.2, -0.15) is 0 Å². The van der Waals surface area contributed by atoms with E-state index in [1.165, 1.54) is 6.66 Å². The van der Waals surface area contributed by atoms with E-state index in [1.807, 2.05) is 0 Å². The lowest BCUT2D eigenvalue weighted by Gasteiger charge is -2.05. The van der Waals surface area contributed by atoms with Crippen molar-refractivity contribution in [3.63, 3.8) is 0 Å². The molecule has 0 fully saturated rings. The van der Waals surface area contributed by atoms with Crippen molar-refractivity contribution < 1.29 is 19.0 Å². The molecule has 1 unspecified atom stereocenters. The van der Waals surface area contributed by atoms with E-state index < -0.39 is 7.37 Å². The van der Waals surface area contributed by atoms with Gasteiger partial charge in [-0.1, -0.05) is 19.4 Å². The Labute approximate surface area is 97.1 Å². The zero-order chi connectivity index (χ0) is 12.6. The molecule has 5 heteroatoms. The van der Waals surface area contributed by atoms with Crippen molar-refractivity contribution in [1.29, 1.82) is 0 Å². The van der Waals surface area contributed by atoms with Crippen molar-refractivity contribution in [1.82, 2.24) is 0 Å². The van der Waals surface area contributed by atoms with Crippen LogP contribution >= 0.6 is 7.37 Å². The summed E-state index contributed by atoms with van der Waals surface area (Å²) in [6, 6.07) is 0. The van der Waals surface area contributed by atoms with E-state index in [4.69, 9.17) is 9.63 Å². The fourth-order valence-electron chi connectivity index (χ4n) is 1.15. The highest BCUT2D eigenvalue weighted by Gasteiger charge is 2.08. The maximum absolute atomic E-state index is 11.0. The third-order valence-corrected chi connectivity index (χ3v) is 3.19. The molecular weight excluding hydrogens is 227 g/mol. The third kappa shape index (κ3) is 9.94. The van der Waals surface area contributed by atoms with Gasteiger partial charge >= 0.3 is 5.97 Å². The van der Waals surface area contributed by atoms with Crippen LogP contribution in [-0.2, 0) is 14.1 Å². The van der Waals surface area contributed by atoms with Crippen LogP contribution in [0.2, 0.25) is 0 Å². The van der Waals surface area contributed by atoms with E-state index in [0.717, 1.165) is 25.7 Å².